The molecule has 3 rings (SSSR count). The lowest BCUT2D eigenvalue weighted by Gasteiger charge is -2.19. The summed E-state index contributed by atoms with van der Waals surface area (Å²) in [6.45, 7) is 0.278. The van der Waals surface area contributed by atoms with Gasteiger partial charge in [0, 0.05) is 13.1 Å². The summed E-state index contributed by atoms with van der Waals surface area (Å²) in [5.41, 5.74) is 1.39. The number of nitrogens with zero attached hydrogens (tertiary/aromatic N) is 3. The summed E-state index contributed by atoms with van der Waals surface area (Å²) in [5, 5.41) is 3.69. The van der Waals surface area contributed by atoms with Gasteiger partial charge in [0.05, 0.1) is 23.7 Å². The Bertz CT molecular complexity index is 704. The third-order valence-corrected chi connectivity index (χ3v) is 3.62. The van der Waals surface area contributed by atoms with Crippen LogP contribution in [0.2, 0.25) is 0 Å². The number of nitrogens with one attached hydrogen (secondary N) is 1. The molecule has 1 aromatic carbocycles. The third-order valence-electron chi connectivity index (χ3n) is 3.62. The summed E-state index contributed by atoms with van der Waals surface area (Å²) >= 11 is 0. The first-order valence-electron chi connectivity index (χ1n) is 6.56. The Balaban J connectivity index is 2.18. The lowest BCUT2D eigenvalue weighted by atomic mass is 10.2. The van der Waals surface area contributed by atoms with Gasteiger partial charge in [-0.05, 0) is 13.1 Å². The van der Waals surface area contributed by atoms with Gasteiger partial charge in [0.1, 0.15) is 24.7 Å². The Morgan fingerprint density at radius 2 is 2.24 bits per heavy atom. The molecule has 1 unspecified atom stereocenters. The fourth-order valence-corrected chi connectivity index (χ4v) is 2.39. The van der Waals surface area contributed by atoms with Gasteiger partial charge in [0.15, 0.2) is 0 Å². The highest BCUT2D eigenvalue weighted by atomic mass is 16.5. The zero-order valence-corrected chi connectivity index (χ0v) is 12.1. The monoisotopic (exact) mass is 288 g/mol. The smallest absolute Gasteiger partial charge is 0.247 e. The van der Waals surface area contributed by atoms with Gasteiger partial charge in [-0.3, -0.25) is 4.79 Å². The molecule has 0 aliphatic carbocycles. The average molecular weight is 288 g/mol. The highest BCUT2D eigenvalue weighted by molar-refractivity contribution is 6.01. The van der Waals surface area contributed by atoms with Crippen molar-refractivity contribution in [1.29, 1.82) is 0 Å². The number of carbonyl (C=O) groups excluding carboxylic acids is 1. The number of rotatable bonds is 2. The number of benzene rings is 1. The minimum Gasteiger partial charge on any atom is -0.489 e. The average Bonchev–Trinajstić information content (AvgIpc) is 2.63. The molecule has 21 heavy (non-hydrogen) atoms. The van der Waals surface area contributed by atoms with Crippen LogP contribution in [0.5, 0.6) is 11.6 Å². The summed E-state index contributed by atoms with van der Waals surface area (Å²) < 4.78 is 11.0. The molecule has 0 saturated carbocycles. The minimum atomic E-state index is -0.376. The van der Waals surface area contributed by atoms with E-state index in [1.165, 1.54) is 6.33 Å². The van der Waals surface area contributed by atoms with Gasteiger partial charge in [-0.25, -0.2) is 9.97 Å². The first kappa shape index (κ1) is 13.6. The Morgan fingerprint density at radius 3 is 2.95 bits per heavy atom. The number of amides is 1. The Kier molecular flexibility index (Phi) is 3.34. The normalized spacial score (nSPS) is 18.1. The number of carbonyl (C=O) groups is 1. The number of hydrogen-bond acceptors (Lipinski definition) is 6. The molecule has 1 amide bonds. The molecule has 1 aliphatic heterocycles. The number of hydrogen-bond donors (Lipinski definition) is 1. The van der Waals surface area contributed by atoms with Crippen molar-refractivity contribution in [3.05, 3.63) is 18.5 Å². The van der Waals surface area contributed by atoms with E-state index in [-0.39, 0.29) is 18.6 Å². The van der Waals surface area contributed by atoms with E-state index < -0.39 is 0 Å². The predicted octanol–water partition coefficient (Wildman–Crippen LogP) is 0.582. The molecule has 2 heterocycles. The maximum atomic E-state index is 12.4. The van der Waals surface area contributed by atoms with Crippen molar-refractivity contribution in [3.8, 4) is 11.6 Å². The lowest BCUT2D eigenvalue weighted by Crippen LogP contribution is -2.45. The van der Waals surface area contributed by atoms with Crippen molar-refractivity contribution in [2.24, 2.45) is 0 Å². The van der Waals surface area contributed by atoms with Crippen LogP contribution >= 0.6 is 0 Å². The second-order valence-electron chi connectivity index (χ2n) is 4.77. The van der Waals surface area contributed by atoms with Crippen molar-refractivity contribution in [2.75, 3.05) is 32.7 Å². The van der Waals surface area contributed by atoms with E-state index in [0.717, 1.165) is 5.39 Å². The lowest BCUT2D eigenvalue weighted by molar-refractivity contribution is -0.120. The first-order chi connectivity index (χ1) is 10.2. The van der Waals surface area contributed by atoms with Crippen molar-refractivity contribution < 1.29 is 14.3 Å². The number of likely N-dealkylation sites (N-methyl/N-ethyl adjacent to an activating group) is 2. The molecule has 1 atom stereocenters. The van der Waals surface area contributed by atoms with E-state index in [1.807, 2.05) is 6.07 Å². The van der Waals surface area contributed by atoms with Gasteiger partial charge in [-0.2, -0.15) is 0 Å². The molecule has 7 nitrogen and oxygen atoms in total. The van der Waals surface area contributed by atoms with Crippen LogP contribution in [0.1, 0.15) is 0 Å². The summed E-state index contributed by atoms with van der Waals surface area (Å²) in [5.74, 6) is 1.04. The quantitative estimate of drug-likeness (QED) is 0.871. The fraction of sp³-hybridized carbons (Fsp3) is 0.357. The Labute approximate surface area is 121 Å². The van der Waals surface area contributed by atoms with Gasteiger partial charge in [0.2, 0.25) is 11.8 Å². The summed E-state index contributed by atoms with van der Waals surface area (Å²) in [6, 6.07) is 3.24. The van der Waals surface area contributed by atoms with Crippen LogP contribution < -0.4 is 19.7 Å². The summed E-state index contributed by atoms with van der Waals surface area (Å²) in [7, 11) is 5.01. The topological polar surface area (TPSA) is 76.6 Å². The number of ether oxygens (including phenoxy) is 2. The SMILES string of the molecule is CNC1COc2cc3ncnc(OC)c3cc2N(C)C1=O. The van der Waals surface area contributed by atoms with Crippen LogP contribution in [0.4, 0.5) is 5.69 Å². The maximum absolute atomic E-state index is 12.4. The van der Waals surface area contributed by atoms with E-state index in [4.69, 9.17) is 9.47 Å². The summed E-state index contributed by atoms with van der Waals surface area (Å²) in [6.07, 6.45) is 1.44. The fourth-order valence-electron chi connectivity index (χ4n) is 2.39. The first-order valence-corrected chi connectivity index (χ1v) is 6.56. The van der Waals surface area contributed by atoms with Crippen LogP contribution in [0.3, 0.4) is 0 Å². The number of anilines is 1. The molecule has 1 aliphatic rings. The van der Waals surface area contributed by atoms with E-state index in [9.17, 15) is 4.79 Å². The largest absolute Gasteiger partial charge is 0.489 e. The molecule has 0 spiro atoms. The molecule has 110 valence electrons. The van der Waals surface area contributed by atoms with Gasteiger partial charge < -0.3 is 19.7 Å². The zero-order valence-electron chi connectivity index (χ0n) is 12.1. The molecule has 7 heteroatoms. The van der Waals surface area contributed by atoms with Crippen LogP contribution in [0, 0.1) is 0 Å². The predicted molar refractivity (Wildman–Crippen MR) is 77.8 cm³/mol. The van der Waals surface area contributed by atoms with E-state index in [1.54, 1.807) is 32.2 Å². The summed E-state index contributed by atoms with van der Waals surface area (Å²) in [4.78, 5) is 22.2. The van der Waals surface area contributed by atoms with E-state index in [2.05, 4.69) is 15.3 Å². The van der Waals surface area contributed by atoms with E-state index in [0.29, 0.717) is 22.8 Å². The molecule has 0 radical (unpaired) electrons. The molecular weight excluding hydrogens is 272 g/mol. The highest BCUT2D eigenvalue weighted by Crippen LogP contribution is 2.36. The zero-order chi connectivity index (χ0) is 15.0. The van der Waals surface area contributed by atoms with Crippen molar-refractivity contribution in [2.45, 2.75) is 6.04 Å². The second-order valence-corrected chi connectivity index (χ2v) is 4.77. The Hall–Kier alpha value is -2.41. The number of fused-ring (bicyclic) bond motifs is 2. The van der Waals surface area contributed by atoms with Crippen molar-refractivity contribution >= 4 is 22.5 Å². The number of aromatic nitrogens is 2. The highest BCUT2D eigenvalue weighted by Gasteiger charge is 2.28. The molecule has 1 N–H and O–H groups in total. The minimum absolute atomic E-state index is 0.0496. The number of methoxy groups -OCH3 is 1. The molecule has 0 bridgehead atoms. The third kappa shape index (κ3) is 2.15. The van der Waals surface area contributed by atoms with Gasteiger partial charge >= 0.3 is 0 Å². The van der Waals surface area contributed by atoms with Gasteiger partial charge in [0.25, 0.3) is 0 Å². The van der Waals surface area contributed by atoms with Crippen LogP contribution in [0.25, 0.3) is 10.9 Å². The molecule has 1 aromatic heterocycles. The van der Waals surface area contributed by atoms with Crippen LogP contribution in [0.15, 0.2) is 18.5 Å². The van der Waals surface area contributed by atoms with Gasteiger partial charge in [-0.15, -0.1) is 0 Å². The van der Waals surface area contributed by atoms with E-state index >= 15 is 0 Å². The Morgan fingerprint density at radius 1 is 1.43 bits per heavy atom. The second kappa shape index (κ2) is 5.17. The molecule has 0 fully saturated rings. The van der Waals surface area contributed by atoms with Gasteiger partial charge in [-0.1, -0.05) is 0 Å². The maximum Gasteiger partial charge on any atom is 0.247 e. The van der Waals surface area contributed by atoms with Crippen LogP contribution in [-0.2, 0) is 4.79 Å². The molecule has 2 aromatic rings. The van der Waals surface area contributed by atoms with Crippen molar-refractivity contribution in [1.82, 2.24) is 15.3 Å². The molecular formula is C14H16N4O3. The van der Waals surface area contributed by atoms with Crippen LogP contribution in [-0.4, -0.2) is 49.7 Å². The standard InChI is InChI=1S/C14H16N4O3/c1-15-10-6-21-12-5-9-8(13(20-3)17-7-16-9)4-11(12)18(2)14(10)19/h4-5,7,10,15H,6H2,1-3H3. The molecule has 0 saturated heterocycles. The van der Waals surface area contributed by atoms with Crippen molar-refractivity contribution in [3.63, 3.8) is 0 Å².